The van der Waals surface area contributed by atoms with Gasteiger partial charge in [-0.25, -0.2) is 4.79 Å². The molecular formula is C20H38O4Si. The van der Waals surface area contributed by atoms with E-state index in [1.807, 2.05) is 13.0 Å². The number of hydrogen-bond donors (Lipinski definition) is 1. The van der Waals surface area contributed by atoms with Gasteiger partial charge in [-0.3, -0.25) is 0 Å². The molecule has 0 spiro atoms. The highest BCUT2D eigenvalue weighted by Gasteiger charge is 2.37. The monoisotopic (exact) mass is 370 g/mol. The molecule has 146 valence electrons. The first kappa shape index (κ1) is 22.4. The van der Waals surface area contributed by atoms with E-state index < -0.39 is 8.32 Å². The molecule has 1 aliphatic heterocycles. The van der Waals surface area contributed by atoms with Gasteiger partial charge in [0.2, 0.25) is 0 Å². The van der Waals surface area contributed by atoms with Gasteiger partial charge in [0, 0.05) is 5.57 Å². The van der Waals surface area contributed by atoms with Gasteiger partial charge >= 0.3 is 5.97 Å². The Morgan fingerprint density at radius 1 is 1.20 bits per heavy atom. The number of hydrogen-bond acceptors (Lipinski definition) is 4. The molecule has 25 heavy (non-hydrogen) atoms. The van der Waals surface area contributed by atoms with Crippen molar-refractivity contribution < 1.29 is 19.1 Å². The SMILES string of the molecule is C[C@H]1C=C(CCCCCCC[C@H](O)CO[Si](C)(C)C(C)(C)C)C(=O)O1. The van der Waals surface area contributed by atoms with Crippen LogP contribution in [0.25, 0.3) is 0 Å². The van der Waals surface area contributed by atoms with Crippen LogP contribution in [0.1, 0.15) is 72.6 Å². The Balaban J connectivity index is 2.04. The van der Waals surface area contributed by atoms with E-state index in [4.69, 9.17) is 9.16 Å². The zero-order chi connectivity index (χ0) is 19.1. The first-order valence-corrected chi connectivity index (χ1v) is 12.7. The average molecular weight is 371 g/mol. The second-order valence-electron chi connectivity index (χ2n) is 8.83. The largest absolute Gasteiger partial charge is 0.455 e. The number of carbonyl (C=O) groups is 1. The summed E-state index contributed by atoms with van der Waals surface area (Å²) in [7, 11) is -1.76. The van der Waals surface area contributed by atoms with Crippen molar-refractivity contribution in [2.75, 3.05) is 6.61 Å². The van der Waals surface area contributed by atoms with Gasteiger partial charge < -0.3 is 14.3 Å². The number of aliphatic hydroxyl groups is 1. The number of esters is 1. The van der Waals surface area contributed by atoms with Crippen molar-refractivity contribution in [2.24, 2.45) is 0 Å². The maximum atomic E-state index is 11.5. The Kier molecular flexibility index (Phi) is 8.85. The highest BCUT2D eigenvalue weighted by molar-refractivity contribution is 6.74. The smallest absolute Gasteiger partial charge is 0.334 e. The number of ether oxygens (including phenoxy) is 1. The van der Waals surface area contributed by atoms with Gasteiger partial charge in [0.15, 0.2) is 8.32 Å². The molecule has 0 aromatic rings. The fraction of sp³-hybridized carbons (Fsp3) is 0.850. The lowest BCUT2D eigenvalue weighted by atomic mass is 10.0. The van der Waals surface area contributed by atoms with Crippen LogP contribution in [0, 0.1) is 0 Å². The summed E-state index contributed by atoms with van der Waals surface area (Å²) < 4.78 is 11.2. The molecule has 0 amide bonds. The van der Waals surface area contributed by atoms with Gasteiger partial charge in [-0.05, 0) is 50.4 Å². The van der Waals surface area contributed by atoms with Crippen LogP contribution in [0.15, 0.2) is 11.6 Å². The Morgan fingerprint density at radius 2 is 1.80 bits per heavy atom. The summed E-state index contributed by atoms with van der Waals surface area (Å²) in [6.07, 6.45) is 8.61. The molecule has 2 atom stereocenters. The van der Waals surface area contributed by atoms with Crippen molar-refractivity contribution >= 4 is 14.3 Å². The summed E-state index contributed by atoms with van der Waals surface area (Å²) >= 11 is 0. The maximum absolute atomic E-state index is 11.5. The zero-order valence-electron chi connectivity index (χ0n) is 17.1. The van der Waals surface area contributed by atoms with Crippen LogP contribution in [-0.2, 0) is 14.0 Å². The zero-order valence-corrected chi connectivity index (χ0v) is 18.1. The molecule has 4 nitrogen and oxygen atoms in total. The van der Waals surface area contributed by atoms with Crippen molar-refractivity contribution in [3.8, 4) is 0 Å². The van der Waals surface area contributed by atoms with Crippen molar-refractivity contribution in [1.29, 1.82) is 0 Å². The lowest BCUT2D eigenvalue weighted by Crippen LogP contribution is -2.42. The highest BCUT2D eigenvalue weighted by Crippen LogP contribution is 2.36. The van der Waals surface area contributed by atoms with E-state index in [1.165, 1.54) is 0 Å². The topological polar surface area (TPSA) is 55.8 Å². The predicted molar refractivity (Wildman–Crippen MR) is 105 cm³/mol. The summed E-state index contributed by atoms with van der Waals surface area (Å²) in [5.41, 5.74) is 0.839. The summed E-state index contributed by atoms with van der Waals surface area (Å²) in [5.74, 6) is -0.141. The second kappa shape index (κ2) is 9.88. The van der Waals surface area contributed by atoms with E-state index >= 15 is 0 Å². The molecule has 0 aromatic carbocycles. The van der Waals surface area contributed by atoms with Crippen LogP contribution in [0.2, 0.25) is 18.1 Å². The van der Waals surface area contributed by atoms with Crippen LogP contribution in [0.3, 0.4) is 0 Å². The third-order valence-corrected chi connectivity index (χ3v) is 9.92. The molecule has 0 saturated carbocycles. The maximum Gasteiger partial charge on any atom is 0.334 e. The summed E-state index contributed by atoms with van der Waals surface area (Å²) in [6.45, 7) is 13.4. The lowest BCUT2D eigenvalue weighted by Gasteiger charge is -2.36. The minimum Gasteiger partial charge on any atom is -0.455 e. The number of rotatable bonds is 11. The van der Waals surface area contributed by atoms with Gasteiger partial charge in [0.1, 0.15) is 6.10 Å². The van der Waals surface area contributed by atoms with Gasteiger partial charge in [-0.15, -0.1) is 0 Å². The average Bonchev–Trinajstić information content (AvgIpc) is 2.81. The van der Waals surface area contributed by atoms with E-state index in [0.717, 1.165) is 50.5 Å². The van der Waals surface area contributed by atoms with Gasteiger partial charge in [-0.2, -0.15) is 0 Å². The Bertz CT molecular complexity index is 451. The first-order valence-electron chi connectivity index (χ1n) is 9.76. The van der Waals surface area contributed by atoms with E-state index in [1.54, 1.807) is 0 Å². The van der Waals surface area contributed by atoms with Gasteiger partial charge in [-0.1, -0.05) is 46.5 Å². The molecule has 0 bridgehead atoms. The van der Waals surface area contributed by atoms with E-state index in [2.05, 4.69) is 33.9 Å². The van der Waals surface area contributed by atoms with Crippen LogP contribution in [0.4, 0.5) is 0 Å². The van der Waals surface area contributed by atoms with Crippen LogP contribution in [0.5, 0.6) is 0 Å². The van der Waals surface area contributed by atoms with E-state index in [9.17, 15) is 9.90 Å². The second-order valence-corrected chi connectivity index (χ2v) is 13.6. The number of cyclic esters (lactones) is 1. The molecule has 0 radical (unpaired) electrons. The van der Waals surface area contributed by atoms with Crippen LogP contribution in [-0.4, -0.2) is 38.2 Å². The minimum absolute atomic E-state index is 0.0578. The lowest BCUT2D eigenvalue weighted by molar-refractivity contribution is -0.139. The van der Waals surface area contributed by atoms with Crippen LogP contribution < -0.4 is 0 Å². The fourth-order valence-corrected chi connectivity index (χ4v) is 3.69. The first-order chi connectivity index (χ1) is 11.5. The fourth-order valence-electron chi connectivity index (χ4n) is 2.65. The van der Waals surface area contributed by atoms with Gasteiger partial charge in [0.05, 0.1) is 12.7 Å². The predicted octanol–water partition coefficient (Wildman–Crippen LogP) is 4.97. The molecule has 1 heterocycles. The molecule has 0 aromatic heterocycles. The standard InChI is InChI=1S/C20H38O4Si/c1-16-14-17(19(22)24-16)12-10-8-7-9-11-13-18(21)15-23-25(5,6)20(2,3)4/h14,16,18,21H,7-13,15H2,1-6H3/t16-,18-/m0/s1. The number of aliphatic hydroxyl groups excluding tert-OH is 1. The Hall–Kier alpha value is -0.653. The molecule has 1 aliphatic rings. The molecule has 0 aliphatic carbocycles. The third kappa shape index (κ3) is 8.05. The molecule has 0 fully saturated rings. The summed E-state index contributed by atoms with van der Waals surface area (Å²) in [6, 6.07) is 0. The quantitative estimate of drug-likeness (QED) is 0.317. The third-order valence-electron chi connectivity index (χ3n) is 5.42. The van der Waals surface area contributed by atoms with Gasteiger partial charge in [0.25, 0.3) is 0 Å². The van der Waals surface area contributed by atoms with Crippen molar-refractivity contribution in [2.45, 2.75) is 103 Å². The van der Waals surface area contributed by atoms with Crippen molar-refractivity contribution in [3.05, 3.63) is 11.6 Å². The van der Waals surface area contributed by atoms with Crippen LogP contribution >= 0.6 is 0 Å². The molecule has 1 rings (SSSR count). The molecule has 0 unspecified atom stereocenters. The summed E-state index contributed by atoms with van der Waals surface area (Å²) in [4.78, 5) is 11.5. The normalized spacial score (nSPS) is 19.7. The Morgan fingerprint density at radius 3 is 2.36 bits per heavy atom. The molecule has 5 heteroatoms. The van der Waals surface area contributed by atoms with E-state index in [0.29, 0.717) is 6.61 Å². The van der Waals surface area contributed by atoms with E-state index in [-0.39, 0.29) is 23.2 Å². The molecular weight excluding hydrogens is 332 g/mol. The highest BCUT2D eigenvalue weighted by atomic mass is 28.4. The van der Waals surface area contributed by atoms with Crippen molar-refractivity contribution in [3.63, 3.8) is 0 Å². The number of unbranched alkanes of at least 4 members (excludes halogenated alkanes) is 4. The van der Waals surface area contributed by atoms with Crippen molar-refractivity contribution in [1.82, 2.24) is 0 Å². The molecule has 0 saturated heterocycles. The molecule has 1 N–H and O–H groups in total. The minimum atomic E-state index is -1.76. The summed E-state index contributed by atoms with van der Waals surface area (Å²) in [5, 5.41) is 10.3. The number of carbonyl (C=O) groups excluding carboxylic acids is 1. The Labute approximate surface area is 155 Å².